The molecule has 1 aromatic carbocycles. The molecular formula is C14H18FN3O2. The van der Waals surface area contributed by atoms with Gasteiger partial charge in [-0.15, -0.1) is 10.2 Å². The number of hydrogen-bond acceptors (Lipinski definition) is 5. The van der Waals surface area contributed by atoms with Crippen LogP contribution in [0.3, 0.4) is 0 Å². The second-order valence-electron chi connectivity index (χ2n) is 4.80. The van der Waals surface area contributed by atoms with E-state index in [0.29, 0.717) is 30.4 Å². The zero-order valence-corrected chi connectivity index (χ0v) is 11.6. The van der Waals surface area contributed by atoms with Crippen molar-refractivity contribution in [3.63, 3.8) is 0 Å². The molecule has 0 amide bonds. The maximum absolute atomic E-state index is 12.9. The molecule has 2 aromatic rings. The van der Waals surface area contributed by atoms with Crippen molar-refractivity contribution in [2.24, 2.45) is 0 Å². The summed E-state index contributed by atoms with van der Waals surface area (Å²) < 4.78 is 18.4. The molecule has 0 aliphatic heterocycles. The first-order chi connectivity index (χ1) is 9.60. The fourth-order valence-electron chi connectivity index (χ4n) is 1.85. The Morgan fingerprint density at radius 3 is 2.55 bits per heavy atom. The third-order valence-corrected chi connectivity index (χ3v) is 3.01. The molecular weight excluding hydrogens is 261 g/mol. The van der Waals surface area contributed by atoms with Gasteiger partial charge in [-0.2, -0.15) is 0 Å². The van der Waals surface area contributed by atoms with Crippen molar-refractivity contribution in [3.05, 3.63) is 36.0 Å². The van der Waals surface area contributed by atoms with E-state index < -0.39 is 0 Å². The number of aliphatic hydroxyl groups is 1. The first-order valence-electron chi connectivity index (χ1n) is 6.53. The first kappa shape index (κ1) is 14.6. The van der Waals surface area contributed by atoms with E-state index >= 15 is 0 Å². The maximum Gasteiger partial charge on any atom is 0.247 e. The molecule has 0 bridgehead atoms. The van der Waals surface area contributed by atoms with E-state index in [1.165, 1.54) is 12.1 Å². The van der Waals surface area contributed by atoms with Gasteiger partial charge in [-0.25, -0.2) is 4.39 Å². The maximum atomic E-state index is 12.9. The van der Waals surface area contributed by atoms with Gasteiger partial charge in [0.1, 0.15) is 5.82 Å². The highest BCUT2D eigenvalue weighted by atomic mass is 19.1. The van der Waals surface area contributed by atoms with Gasteiger partial charge >= 0.3 is 0 Å². The summed E-state index contributed by atoms with van der Waals surface area (Å²) in [5.74, 6) is 0.543. The highest BCUT2D eigenvalue weighted by Crippen LogP contribution is 2.19. The van der Waals surface area contributed by atoms with Crippen molar-refractivity contribution in [2.45, 2.75) is 26.4 Å². The number of hydrogen-bond donors (Lipinski definition) is 1. The molecule has 1 aromatic heterocycles. The monoisotopic (exact) mass is 279 g/mol. The van der Waals surface area contributed by atoms with E-state index in [4.69, 9.17) is 9.52 Å². The minimum Gasteiger partial charge on any atom is -0.419 e. The molecule has 0 atom stereocenters. The number of halogens is 1. The molecule has 0 spiro atoms. The number of benzene rings is 1. The summed E-state index contributed by atoms with van der Waals surface area (Å²) in [4.78, 5) is 2.03. The molecule has 5 nitrogen and oxygen atoms in total. The second-order valence-corrected chi connectivity index (χ2v) is 4.80. The average molecular weight is 279 g/mol. The topological polar surface area (TPSA) is 62.4 Å². The highest BCUT2D eigenvalue weighted by molar-refractivity contribution is 5.51. The van der Waals surface area contributed by atoms with Gasteiger partial charge in [0, 0.05) is 18.2 Å². The SMILES string of the molecule is CC(C)N(CCO)Cc1nnc(-c2ccc(F)cc2)o1. The Balaban J connectivity index is 2.10. The summed E-state index contributed by atoms with van der Waals surface area (Å²) in [6.45, 7) is 5.18. The Morgan fingerprint density at radius 2 is 1.95 bits per heavy atom. The predicted octanol–water partition coefficient (Wildman–Crippen LogP) is 2.08. The lowest BCUT2D eigenvalue weighted by Gasteiger charge is -2.23. The van der Waals surface area contributed by atoms with E-state index in [1.54, 1.807) is 12.1 Å². The van der Waals surface area contributed by atoms with Crippen LogP contribution in [0.1, 0.15) is 19.7 Å². The Hall–Kier alpha value is -1.79. The van der Waals surface area contributed by atoms with Crippen molar-refractivity contribution in [2.75, 3.05) is 13.2 Å². The smallest absolute Gasteiger partial charge is 0.247 e. The Kier molecular flexibility index (Phi) is 4.81. The predicted molar refractivity (Wildman–Crippen MR) is 72.3 cm³/mol. The van der Waals surface area contributed by atoms with Crippen LogP contribution in [0.25, 0.3) is 11.5 Å². The van der Waals surface area contributed by atoms with Crippen LogP contribution in [-0.2, 0) is 6.54 Å². The average Bonchev–Trinajstić information content (AvgIpc) is 2.87. The Bertz CT molecular complexity index is 540. The normalized spacial score (nSPS) is 11.5. The van der Waals surface area contributed by atoms with E-state index in [-0.39, 0.29) is 18.5 Å². The molecule has 0 radical (unpaired) electrons. The lowest BCUT2D eigenvalue weighted by molar-refractivity contribution is 0.148. The van der Waals surface area contributed by atoms with Crippen LogP contribution in [0.15, 0.2) is 28.7 Å². The van der Waals surface area contributed by atoms with Gasteiger partial charge in [0.05, 0.1) is 13.2 Å². The fraction of sp³-hybridized carbons (Fsp3) is 0.429. The van der Waals surface area contributed by atoms with Crippen molar-refractivity contribution in [3.8, 4) is 11.5 Å². The number of nitrogens with zero attached hydrogens (tertiary/aromatic N) is 3. The van der Waals surface area contributed by atoms with Crippen LogP contribution in [0.2, 0.25) is 0 Å². The molecule has 6 heteroatoms. The Labute approximate surface area is 117 Å². The summed E-state index contributed by atoms with van der Waals surface area (Å²) in [5, 5.41) is 17.0. The van der Waals surface area contributed by atoms with Gasteiger partial charge in [-0.1, -0.05) is 0 Å². The van der Waals surface area contributed by atoms with Crippen LogP contribution in [0, 0.1) is 5.82 Å². The molecule has 0 aliphatic rings. The molecule has 20 heavy (non-hydrogen) atoms. The summed E-state index contributed by atoms with van der Waals surface area (Å²) in [7, 11) is 0. The number of rotatable bonds is 6. The van der Waals surface area contributed by atoms with Gasteiger partial charge in [0.25, 0.3) is 0 Å². The highest BCUT2D eigenvalue weighted by Gasteiger charge is 2.15. The Morgan fingerprint density at radius 1 is 1.25 bits per heavy atom. The van der Waals surface area contributed by atoms with Gasteiger partial charge in [-0.3, -0.25) is 4.90 Å². The van der Waals surface area contributed by atoms with E-state index in [0.717, 1.165) is 0 Å². The van der Waals surface area contributed by atoms with Crippen molar-refractivity contribution in [1.82, 2.24) is 15.1 Å². The number of aliphatic hydroxyl groups excluding tert-OH is 1. The van der Waals surface area contributed by atoms with Gasteiger partial charge < -0.3 is 9.52 Å². The quantitative estimate of drug-likeness (QED) is 0.877. The van der Waals surface area contributed by atoms with Gasteiger partial charge in [0.15, 0.2) is 0 Å². The molecule has 1 N–H and O–H groups in total. The lowest BCUT2D eigenvalue weighted by atomic mass is 10.2. The zero-order chi connectivity index (χ0) is 14.5. The van der Waals surface area contributed by atoms with Gasteiger partial charge in [-0.05, 0) is 38.1 Å². The second kappa shape index (κ2) is 6.58. The summed E-state index contributed by atoms with van der Waals surface area (Å²) in [5.41, 5.74) is 0.684. The first-order valence-corrected chi connectivity index (χ1v) is 6.53. The fourth-order valence-corrected chi connectivity index (χ4v) is 1.85. The van der Waals surface area contributed by atoms with Crippen molar-refractivity contribution in [1.29, 1.82) is 0 Å². The van der Waals surface area contributed by atoms with E-state index in [2.05, 4.69) is 10.2 Å². The van der Waals surface area contributed by atoms with Crippen LogP contribution in [0.4, 0.5) is 4.39 Å². The largest absolute Gasteiger partial charge is 0.419 e. The minimum atomic E-state index is -0.303. The molecule has 0 saturated carbocycles. The molecule has 2 rings (SSSR count). The van der Waals surface area contributed by atoms with Crippen LogP contribution in [0.5, 0.6) is 0 Å². The van der Waals surface area contributed by atoms with Crippen LogP contribution in [-0.4, -0.2) is 39.4 Å². The molecule has 0 unspecified atom stereocenters. The molecule has 0 aliphatic carbocycles. The number of aromatic nitrogens is 2. The third-order valence-electron chi connectivity index (χ3n) is 3.01. The zero-order valence-electron chi connectivity index (χ0n) is 11.6. The third kappa shape index (κ3) is 3.61. The van der Waals surface area contributed by atoms with Crippen LogP contribution >= 0.6 is 0 Å². The molecule has 108 valence electrons. The van der Waals surface area contributed by atoms with Crippen LogP contribution < -0.4 is 0 Å². The lowest BCUT2D eigenvalue weighted by Crippen LogP contribution is -2.33. The molecule has 0 fully saturated rings. The van der Waals surface area contributed by atoms with Crippen molar-refractivity contribution >= 4 is 0 Å². The van der Waals surface area contributed by atoms with E-state index in [1.807, 2.05) is 18.7 Å². The summed E-state index contributed by atoms with van der Waals surface area (Å²) >= 11 is 0. The van der Waals surface area contributed by atoms with E-state index in [9.17, 15) is 4.39 Å². The minimum absolute atomic E-state index is 0.0805. The summed E-state index contributed by atoms with van der Waals surface area (Å²) in [6.07, 6.45) is 0. The standard InChI is InChI=1S/C14H18FN3O2/c1-10(2)18(7-8-19)9-13-16-17-14(20-13)11-3-5-12(15)6-4-11/h3-6,10,19H,7-9H2,1-2H3. The molecule has 0 saturated heterocycles. The van der Waals surface area contributed by atoms with Gasteiger partial charge in [0.2, 0.25) is 11.8 Å². The summed E-state index contributed by atoms with van der Waals surface area (Å²) in [6, 6.07) is 6.17. The molecule has 1 heterocycles. The van der Waals surface area contributed by atoms with Crippen molar-refractivity contribution < 1.29 is 13.9 Å².